The third kappa shape index (κ3) is 8.47. The van der Waals surface area contributed by atoms with Crippen LogP contribution in [0.2, 0.25) is 10.0 Å². The number of amides is 3. The van der Waals surface area contributed by atoms with Crippen molar-refractivity contribution in [2.75, 3.05) is 17.3 Å². The third-order valence-corrected chi connectivity index (χ3v) is 7.88. The normalized spacial score (nSPS) is 13.6. The average molecular weight is 687 g/mol. The first-order valence-corrected chi connectivity index (χ1v) is 14.9. The molecule has 0 aliphatic rings. The number of nitrogens with one attached hydrogen (secondary N) is 2. The van der Waals surface area contributed by atoms with Crippen LogP contribution in [-0.4, -0.2) is 60.4 Å². The van der Waals surface area contributed by atoms with E-state index in [4.69, 9.17) is 23.2 Å². The number of pyridine rings is 1. The average Bonchev–Trinajstić information content (AvgIpc) is 3.30. The smallest absolute Gasteiger partial charge is 0.346 e. The van der Waals surface area contributed by atoms with Crippen molar-refractivity contribution >= 4 is 56.3 Å². The largest absolute Gasteiger partial charge is 0.474 e. The highest BCUT2D eigenvalue weighted by atomic mass is 35.5. The van der Waals surface area contributed by atoms with Crippen molar-refractivity contribution in [3.8, 4) is 5.82 Å². The van der Waals surface area contributed by atoms with Crippen molar-refractivity contribution < 1.29 is 44.9 Å². The standard InChI is InChI=1S/C25H22Cl2F6N6O4S/c1-12-8-13(26)9-14(20(40)36-23(2,3)11-44(4,43)38-22(42)25(31,32)33)18(12)35-21(41)16-10-17(24(28,29)30)37-39(16)19-15(27)6-5-7-34-19/h5-10H,11H2,1-4H3,(H,35,41)(H,36,40). The molecule has 0 bridgehead atoms. The molecule has 238 valence electrons. The van der Waals surface area contributed by atoms with E-state index in [1.807, 2.05) is 0 Å². The summed E-state index contributed by atoms with van der Waals surface area (Å²) in [7, 11) is -3.80. The predicted octanol–water partition coefficient (Wildman–Crippen LogP) is 5.85. The molecule has 2 aromatic heterocycles. The number of alkyl halides is 6. The molecule has 0 fully saturated rings. The van der Waals surface area contributed by atoms with E-state index in [0.717, 1.165) is 12.3 Å². The van der Waals surface area contributed by atoms with Gasteiger partial charge in [-0.1, -0.05) is 23.2 Å². The van der Waals surface area contributed by atoms with E-state index in [0.29, 0.717) is 10.7 Å². The first kappa shape index (κ1) is 34.8. The van der Waals surface area contributed by atoms with Crippen LogP contribution in [0, 0.1) is 6.92 Å². The molecule has 2 N–H and O–H groups in total. The van der Waals surface area contributed by atoms with E-state index in [1.165, 1.54) is 45.2 Å². The van der Waals surface area contributed by atoms with Crippen molar-refractivity contribution in [2.45, 2.75) is 38.7 Å². The Morgan fingerprint density at radius 3 is 2.25 bits per heavy atom. The Balaban J connectivity index is 2.00. The fourth-order valence-electron chi connectivity index (χ4n) is 3.98. The zero-order valence-corrected chi connectivity index (χ0v) is 25.4. The molecule has 3 amide bonds. The number of carbonyl (C=O) groups is 3. The Kier molecular flexibility index (Phi) is 9.77. The number of carbonyl (C=O) groups excluding carboxylic acids is 3. The molecule has 44 heavy (non-hydrogen) atoms. The van der Waals surface area contributed by atoms with Crippen molar-refractivity contribution in [2.24, 2.45) is 4.36 Å². The lowest BCUT2D eigenvalue weighted by molar-refractivity contribution is -0.169. The van der Waals surface area contributed by atoms with Crippen molar-refractivity contribution in [1.29, 1.82) is 0 Å². The molecule has 0 radical (unpaired) electrons. The van der Waals surface area contributed by atoms with Crippen LogP contribution in [0.3, 0.4) is 0 Å². The van der Waals surface area contributed by atoms with Gasteiger partial charge in [0.25, 0.3) is 11.8 Å². The quantitative estimate of drug-likeness (QED) is 0.300. The number of hydrogen-bond acceptors (Lipinski definition) is 6. The lowest BCUT2D eigenvalue weighted by atomic mass is 10.0. The van der Waals surface area contributed by atoms with Gasteiger partial charge in [-0.2, -0.15) is 35.8 Å². The Hall–Kier alpha value is -3.70. The van der Waals surface area contributed by atoms with Crippen LogP contribution in [-0.2, 0) is 20.7 Å². The highest BCUT2D eigenvalue weighted by Crippen LogP contribution is 2.32. The van der Waals surface area contributed by atoms with Gasteiger partial charge in [0.05, 0.1) is 31.8 Å². The van der Waals surface area contributed by atoms with Gasteiger partial charge in [-0.25, -0.2) is 13.9 Å². The fourth-order valence-corrected chi connectivity index (χ4v) is 6.39. The van der Waals surface area contributed by atoms with Gasteiger partial charge in [0.2, 0.25) is 0 Å². The number of aryl methyl sites for hydroxylation is 1. The van der Waals surface area contributed by atoms with Crippen LogP contribution in [0.1, 0.15) is 46.0 Å². The summed E-state index contributed by atoms with van der Waals surface area (Å²) in [4.78, 5) is 41.9. The summed E-state index contributed by atoms with van der Waals surface area (Å²) >= 11 is 12.2. The molecule has 3 rings (SSSR count). The van der Waals surface area contributed by atoms with Crippen LogP contribution >= 0.6 is 23.2 Å². The van der Waals surface area contributed by atoms with Gasteiger partial charge in [0.15, 0.2) is 11.5 Å². The van der Waals surface area contributed by atoms with E-state index >= 15 is 0 Å². The minimum atomic E-state index is -5.35. The Labute approximate surface area is 256 Å². The van der Waals surface area contributed by atoms with Crippen LogP contribution in [0.5, 0.6) is 0 Å². The number of halogens is 8. The summed E-state index contributed by atoms with van der Waals surface area (Å²) < 4.78 is 94.5. The topological polar surface area (TPSA) is 135 Å². The zero-order valence-electron chi connectivity index (χ0n) is 23.0. The van der Waals surface area contributed by atoms with Gasteiger partial charge in [0.1, 0.15) is 5.69 Å². The summed E-state index contributed by atoms with van der Waals surface area (Å²) in [6.45, 7) is 4.02. The summed E-state index contributed by atoms with van der Waals surface area (Å²) in [6.07, 6.45) is -8.28. The van der Waals surface area contributed by atoms with Gasteiger partial charge >= 0.3 is 18.3 Å². The lowest BCUT2D eigenvalue weighted by Gasteiger charge is -2.27. The Morgan fingerprint density at radius 2 is 1.68 bits per heavy atom. The third-order valence-electron chi connectivity index (χ3n) is 5.55. The first-order valence-electron chi connectivity index (χ1n) is 12.0. The van der Waals surface area contributed by atoms with Crippen LogP contribution < -0.4 is 10.6 Å². The van der Waals surface area contributed by atoms with Gasteiger partial charge in [-0.05, 0) is 50.6 Å². The molecule has 1 aromatic carbocycles. The molecule has 1 atom stereocenters. The molecule has 3 aromatic rings. The highest BCUT2D eigenvalue weighted by molar-refractivity contribution is 7.93. The van der Waals surface area contributed by atoms with Gasteiger partial charge in [-0.15, -0.1) is 0 Å². The first-order chi connectivity index (χ1) is 20.0. The molecule has 0 aliphatic carbocycles. The van der Waals surface area contributed by atoms with Crippen molar-refractivity contribution in [3.05, 3.63) is 69.1 Å². The molecule has 2 heterocycles. The summed E-state index contributed by atoms with van der Waals surface area (Å²) in [6, 6.07) is 5.63. The molecule has 0 saturated heterocycles. The second-order valence-electron chi connectivity index (χ2n) is 10.1. The number of hydrogen-bond donors (Lipinski definition) is 2. The summed E-state index contributed by atoms with van der Waals surface area (Å²) in [5, 5.41) is 8.14. The number of nitrogens with zero attached hydrogens (tertiary/aromatic N) is 4. The molecular formula is C25H22Cl2F6N6O4S. The van der Waals surface area contributed by atoms with Crippen LogP contribution in [0.4, 0.5) is 32.0 Å². The van der Waals surface area contributed by atoms with Gasteiger partial charge in [-0.3, -0.25) is 14.4 Å². The summed E-state index contributed by atoms with van der Waals surface area (Å²) in [5.41, 5.74) is -3.94. The number of aromatic nitrogens is 3. The molecule has 0 spiro atoms. The van der Waals surface area contributed by atoms with E-state index in [2.05, 4.69) is 25.1 Å². The highest BCUT2D eigenvalue weighted by Gasteiger charge is 2.40. The molecule has 10 nitrogen and oxygen atoms in total. The minimum absolute atomic E-state index is 0.0122. The van der Waals surface area contributed by atoms with Crippen LogP contribution in [0.15, 0.2) is 40.9 Å². The van der Waals surface area contributed by atoms with E-state index in [9.17, 15) is 44.9 Å². The maximum Gasteiger partial charge on any atom is 0.474 e. The molecule has 0 saturated carbocycles. The molecule has 19 heteroatoms. The monoisotopic (exact) mass is 686 g/mol. The lowest BCUT2D eigenvalue weighted by Crippen LogP contribution is -2.48. The number of benzene rings is 1. The van der Waals surface area contributed by atoms with Crippen molar-refractivity contribution in [3.63, 3.8) is 0 Å². The minimum Gasteiger partial charge on any atom is -0.346 e. The van der Waals surface area contributed by atoms with Gasteiger partial charge in [0, 0.05) is 29.1 Å². The van der Waals surface area contributed by atoms with E-state index in [-0.39, 0.29) is 32.7 Å². The van der Waals surface area contributed by atoms with Gasteiger partial charge < -0.3 is 10.6 Å². The fraction of sp³-hybridized carbons (Fsp3) is 0.320. The van der Waals surface area contributed by atoms with E-state index < -0.39 is 62.5 Å². The predicted molar refractivity (Wildman–Crippen MR) is 149 cm³/mol. The number of anilines is 1. The summed E-state index contributed by atoms with van der Waals surface area (Å²) in [5.74, 6) is -5.67. The Bertz CT molecular complexity index is 1760. The Morgan fingerprint density at radius 1 is 1.05 bits per heavy atom. The molecule has 1 unspecified atom stereocenters. The molecular weight excluding hydrogens is 665 g/mol. The zero-order chi connectivity index (χ0) is 33.4. The SMILES string of the molecule is Cc1cc(Cl)cc(C(=O)NC(C)(C)CS(C)(=O)=NC(=O)C(F)(F)F)c1NC(=O)c1cc(C(F)(F)F)nn1-c1ncccc1Cl. The maximum absolute atomic E-state index is 13.5. The van der Waals surface area contributed by atoms with E-state index in [1.54, 1.807) is 0 Å². The second kappa shape index (κ2) is 12.4. The van der Waals surface area contributed by atoms with Crippen LogP contribution in [0.25, 0.3) is 5.82 Å². The maximum atomic E-state index is 13.5. The number of rotatable bonds is 7. The second-order valence-corrected chi connectivity index (χ2v) is 13.3. The molecule has 0 aliphatic heterocycles. The van der Waals surface area contributed by atoms with Crippen molar-refractivity contribution in [1.82, 2.24) is 20.1 Å².